The van der Waals surface area contributed by atoms with Crippen molar-refractivity contribution in [2.24, 2.45) is 5.92 Å². The molecular weight excluding hydrogens is 399 g/mol. The van der Waals surface area contributed by atoms with Crippen LogP contribution < -0.4 is 10.2 Å². The third-order valence-corrected chi connectivity index (χ3v) is 5.64. The van der Waals surface area contributed by atoms with Crippen molar-refractivity contribution in [3.05, 3.63) is 58.8 Å². The van der Waals surface area contributed by atoms with E-state index in [0.29, 0.717) is 27.2 Å². The van der Waals surface area contributed by atoms with Gasteiger partial charge in [0.15, 0.2) is 11.6 Å². The van der Waals surface area contributed by atoms with Gasteiger partial charge in [-0.3, -0.25) is 4.79 Å². The van der Waals surface area contributed by atoms with E-state index in [-0.39, 0.29) is 11.8 Å². The molecule has 0 saturated carbocycles. The Bertz CT molecular complexity index is 953. The highest BCUT2D eigenvalue weighted by Gasteiger charge is 2.26. The number of hydrogen-bond donors (Lipinski definition) is 1. The minimum absolute atomic E-state index is 0.0388. The summed E-state index contributed by atoms with van der Waals surface area (Å²) in [5.41, 5.74) is 1.24. The zero-order valence-corrected chi connectivity index (χ0v) is 16.5. The average molecular weight is 417 g/mol. The fraction of sp³-hybridized carbons (Fsp3) is 0.250. The van der Waals surface area contributed by atoms with Crippen LogP contribution in [0.15, 0.2) is 53.1 Å². The Labute approximate surface area is 172 Å². The highest BCUT2D eigenvalue weighted by atomic mass is 35.5. The number of piperidine rings is 1. The average Bonchev–Trinajstić information content (AvgIpc) is 3.26. The maximum absolute atomic E-state index is 12.6. The lowest BCUT2D eigenvalue weighted by Crippen LogP contribution is -2.38. The van der Waals surface area contributed by atoms with Gasteiger partial charge in [-0.15, -0.1) is 10.2 Å². The topological polar surface area (TPSA) is 71.3 Å². The minimum Gasteiger partial charge on any atom is -0.463 e. The number of amides is 1. The van der Waals surface area contributed by atoms with Crippen LogP contribution in [-0.4, -0.2) is 29.2 Å². The van der Waals surface area contributed by atoms with Crippen molar-refractivity contribution in [3.63, 3.8) is 0 Å². The van der Waals surface area contributed by atoms with Crippen molar-refractivity contribution < 1.29 is 9.21 Å². The first-order valence-electron chi connectivity index (χ1n) is 8.99. The van der Waals surface area contributed by atoms with Crippen LogP contribution in [0.5, 0.6) is 0 Å². The molecule has 1 fully saturated rings. The summed E-state index contributed by atoms with van der Waals surface area (Å²) in [5, 5.41) is 12.2. The fourth-order valence-electron chi connectivity index (χ4n) is 3.26. The van der Waals surface area contributed by atoms with Crippen LogP contribution in [0.3, 0.4) is 0 Å². The van der Waals surface area contributed by atoms with E-state index < -0.39 is 0 Å². The van der Waals surface area contributed by atoms with Gasteiger partial charge in [0.05, 0.1) is 22.0 Å². The van der Waals surface area contributed by atoms with E-state index in [0.717, 1.165) is 31.7 Å². The molecule has 1 aromatic carbocycles. The number of hydrogen-bond acceptors (Lipinski definition) is 5. The van der Waals surface area contributed by atoms with Crippen molar-refractivity contribution in [2.45, 2.75) is 12.8 Å². The van der Waals surface area contributed by atoms with E-state index in [1.807, 2.05) is 24.3 Å². The molecule has 3 aromatic rings. The minimum atomic E-state index is -0.0818. The zero-order valence-electron chi connectivity index (χ0n) is 14.9. The molecule has 1 aliphatic heterocycles. The van der Waals surface area contributed by atoms with Gasteiger partial charge < -0.3 is 14.6 Å². The fourth-order valence-corrected chi connectivity index (χ4v) is 3.60. The lowest BCUT2D eigenvalue weighted by Gasteiger charge is -2.31. The molecule has 0 unspecified atom stereocenters. The van der Waals surface area contributed by atoms with E-state index in [4.69, 9.17) is 27.6 Å². The summed E-state index contributed by atoms with van der Waals surface area (Å²) in [4.78, 5) is 14.7. The summed E-state index contributed by atoms with van der Waals surface area (Å²) in [7, 11) is 0. The van der Waals surface area contributed by atoms with Crippen LogP contribution in [0, 0.1) is 5.92 Å². The molecule has 1 aliphatic rings. The molecule has 1 N–H and O–H groups in total. The molecule has 144 valence electrons. The first-order chi connectivity index (χ1) is 13.6. The molecule has 2 aromatic heterocycles. The Morgan fingerprint density at radius 1 is 1.07 bits per heavy atom. The Morgan fingerprint density at radius 3 is 2.57 bits per heavy atom. The number of anilines is 2. The number of nitrogens with zero attached hydrogens (tertiary/aromatic N) is 3. The second-order valence-corrected chi connectivity index (χ2v) is 7.39. The SMILES string of the molecule is O=C(Nc1cccc(Cl)c1Cl)C1CCN(c2ccc(-c3ccco3)nn2)CC1. The largest absolute Gasteiger partial charge is 0.463 e. The number of furan rings is 1. The molecule has 0 bridgehead atoms. The van der Waals surface area contributed by atoms with Crippen LogP contribution in [0.4, 0.5) is 11.5 Å². The number of carbonyl (C=O) groups is 1. The van der Waals surface area contributed by atoms with Crippen LogP contribution in [-0.2, 0) is 4.79 Å². The normalized spacial score (nSPS) is 14.9. The van der Waals surface area contributed by atoms with Crippen molar-refractivity contribution in [1.29, 1.82) is 0 Å². The van der Waals surface area contributed by atoms with Gasteiger partial charge in [-0.25, -0.2) is 0 Å². The molecule has 8 heteroatoms. The number of benzene rings is 1. The highest BCUT2D eigenvalue weighted by molar-refractivity contribution is 6.44. The predicted molar refractivity (Wildman–Crippen MR) is 110 cm³/mol. The third kappa shape index (κ3) is 3.98. The first-order valence-corrected chi connectivity index (χ1v) is 9.75. The van der Waals surface area contributed by atoms with Gasteiger partial charge in [-0.05, 0) is 49.2 Å². The Morgan fingerprint density at radius 2 is 1.89 bits per heavy atom. The molecule has 4 rings (SSSR count). The molecular formula is C20H18Cl2N4O2. The summed E-state index contributed by atoms with van der Waals surface area (Å²) in [6.45, 7) is 1.46. The molecule has 0 aliphatic carbocycles. The Balaban J connectivity index is 1.35. The molecule has 3 heterocycles. The summed E-state index contributed by atoms with van der Waals surface area (Å²) in [6.07, 6.45) is 3.06. The van der Waals surface area contributed by atoms with Crippen LogP contribution in [0.25, 0.3) is 11.5 Å². The first kappa shape index (κ1) is 18.8. The summed E-state index contributed by atoms with van der Waals surface area (Å²) in [5.74, 6) is 1.37. The van der Waals surface area contributed by atoms with Crippen LogP contribution >= 0.6 is 23.2 Å². The number of aromatic nitrogens is 2. The quantitative estimate of drug-likeness (QED) is 0.654. The van der Waals surface area contributed by atoms with Gasteiger partial charge in [0.25, 0.3) is 0 Å². The van der Waals surface area contributed by atoms with Gasteiger partial charge in [-0.1, -0.05) is 29.3 Å². The van der Waals surface area contributed by atoms with Gasteiger partial charge in [0, 0.05) is 19.0 Å². The van der Waals surface area contributed by atoms with Gasteiger partial charge in [0.2, 0.25) is 5.91 Å². The van der Waals surface area contributed by atoms with E-state index in [1.165, 1.54) is 0 Å². The standard InChI is InChI=1S/C20H18Cl2N4O2/c21-14-3-1-4-16(19(14)22)23-20(27)13-8-10-26(11-9-13)18-7-6-15(24-25-18)17-5-2-12-28-17/h1-7,12-13H,8-11H2,(H,23,27). The Hall–Kier alpha value is -2.57. The van der Waals surface area contributed by atoms with E-state index >= 15 is 0 Å². The molecule has 0 atom stereocenters. The second-order valence-electron chi connectivity index (χ2n) is 6.61. The number of nitrogens with one attached hydrogen (secondary N) is 1. The van der Waals surface area contributed by atoms with E-state index in [2.05, 4.69) is 20.4 Å². The Kier molecular flexibility index (Phi) is 5.50. The summed E-state index contributed by atoms with van der Waals surface area (Å²) < 4.78 is 5.33. The smallest absolute Gasteiger partial charge is 0.227 e. The van der Waals surface area contributed by atoms with Gasteiger partial charge >= 0.3 is 0 Å². The molecule has 1 amide bonds. The molecule has 28 heavy (non-hydrogen) atoms. The van der Waals surface area contributed by atoms with Crippen molar-refractivity contribution in [2.75, 3.05) is 23.3 Å². The van der Waals surface area contributed by atoms with Gasteiger partial charge in [0.1, 0.15) is 5.69 Å². The lowest BCUT2D eigenvalue weighted by atomic mass is 9.96. The molecule has 6 nitrogen and oxygen atoms in total. The van der Waals surface area contributed by atoms with E-state index in [9.17, 15) is 4.79 Å². The molecule has 0 radical (unpaired) electrons. The van der Waals surface area contributed by atoms with E-state index in [1.54, 1.807) is 24.5 Å². The second kappa shape index (κ2) is 8.20. The lowest BCUT2D eigenvalue weighted by molar-refractivity contribution is -0.120. The summed E-state index contributed by atoms with van der Waals surface area (Å²) in [6, 6.07) is 12.7. The molecule has 0 spiro atoms. The van der Waals surface area contributed by atoms with Crippen LogP contribution in [0.1, 0.15) is 12.8 Å². The van der Waals surface area contributed by atoms with Crippen molar-refractivity contribution in [3.8, 4) is 11.5 Å². The number of rotatable bonds is 4. The van der Waals surface area contributed by atoms with Gasteiger partial charge in [-0.2, -0.15) is 0 Å². The number of halogens is 2. The zero-order chi connectivity index (χ0) is 19.5. The number of carbonyl (C=O) groups excluding carboxylic acids is 1. The van der Waals surface area contributed by atoms with Crippen LogP contribution in [0.2, 0.25) is 10.0 Å². The highest BCUT2D eigenvalue weighted by Crippen LogP contribution is 2.31. The maximum Gasteiger partial charge on any atom is 0.227 e. The maximum atomic E-state index is 12.6. The third-order valence-electron chi connectivity index (χ3n) is 4.82. The summed E-state index contributed by atoms with van der Waals surface area (Å²) >= 11 is 12.2. The van der Waals surface area contributed by atoms with Crippen molar-refractivity contribution in [1.82, 2.24) is 10.2 Å². The van der Waals surface area contributed by atoms with Crippen molar-refractivity contribution >= 4 is 40.6 Å². The predicted octanol–water partition coefficient (Wildman–Crippen LogP) is 4.90. The molecule has 1 saturated heterocycles. The monoisotopic (exact) mass is 416 g/mol.